The minimum absolute atomic E-state index is 0.0170. The van der Waals surface area contributed by atoms with Crippen LogP contribution in [0.25, 0.3) is 0 Å². The summed E-state index contributed by atoms with van der Waals surface area (Å²) in [5, 5.41) is 15.6. The van der Waals surface area contributed by atoms with E-state index in [0.717, 1.165) is 37.0 Å². The van der Waals surface area contributed by atoms with Gasteiger partial charge in [-0.15, -0.1) is 0 Å². The van der Waals surface area contributed by atoms with Crippen molar-refractivity contribution < 1.29 is 14.6 Å². The van der Waals surface area contributed by atoms with Gasteiger partial charge in [0.2, 0.25) is 0 Å². The molecule has 5 nitrogen and oxygen atoms in total. The number of urea groups is 1. The summed E-state index contributed by atoms with van der Waals surface area (Å²) in [4.78, 5) is 12.2. The predicted octanol–water partition coefficient (Wildman–Crippen LogP) is 1.84. The standard InChI is InChI=1S/C17H24N2O3/c1-17(11-20)8-4-7-15(17)19-16(21)18-13-9-12-5-2-3-6-14(12)22-10-13/h2-3,5-6,13,15,20H,4,7-11H2,1H3,(H2,18,19,21). The summed E-state index contributed by atoms with van der Waals surface area (Å²) in [7, 11) is 0. The summed E-state index contributed by atoms with van der Waals surface area (Å²) in [5.41, 5.74) is 0.924. The number of amides is 2. The Kier molecular flexibility index (Phi) is 4.25. The van der Waals surface area contributed by atoms with Gasteiger partial charge in [-0.05, 0) is 30.9 Å². The van der Waals surface area contributed by atoms with E-state index >= 15 is 0 Å². The maximum absolute atomic E-state index is 12.2. The molecule has 2 amide bonds. The average Bonchev–Trinajstić information content (AvgIpc) is 2.88. The van der Waals surface area contributed by atoms with Crippen molar-refractivity contribution in [3.05, 3.63) is 29.8 Å². The monoisotopic (exact) mass is 304 g/mol. The van der Waals surface area contributed by atoms with Crippen LogP contribution in [0.4, 0.5) is 4.79 Å². The molecule has 0 spiro atoms. The third-order valence-electron chi connectivity index (χ3n) is 4.96. The summed E-state index contributed by atoms with van der Waals surface area (Å²) in [6.07, 6.45) is 3.70. The maximum atomic E-state index is 12.2. The molecule has 1 aromatic carbocycles. The molecule has 0 radical (unpaired) electrons. The van der Waals surface area contributed by atoms with E-state index in [-0.39, 0.29) is 30.1 Å². The number of fused-ring (bicyclic) bond motifs is 1. The van der Waals surface area contributed by atoms with Crippen LogP contribution in [0.5, 0.6) is 5.75 Å². The number of carbonyl (C=O) groups is 1. The van der Waals surface area contributed by atoms with Crippen molar-refractivity contribution in [3.8, 4) is 5.75 Å². The number of hydrogen-bond acceptors (Lipinski definition) is 3. The van der Waals surface area contributed by atoms with E-state index in [4.69, 9.17) is 4.74 Å². The van der Waals surface area contributed by atoms with Crippen molar-refractivity contribution >= 4 is 6.03 Å². The summed E-state index contributed by atoms with van der Waals surface area (Å²) >= 11 is 0. The lowest BCUT2D eigenvalue weighted by Gasteiger charge is -2.31. The van der Waals surface area contributed by atoms with Gasteiger partial charge in [0.25, 0.3) is 0 Å². The fourth-order valence-electron chi connectivity index (χ4n) is 3.47. The summed E-state index contributed by atoms with van der Waals surface area (Å²) in [6, 6.07) is 7.77. The Morgan fingerprint density at radius 3 is 3.05 bits per heavy atom. The van der Waals surface area contributed by atoms with E-state index in [2.05, 4.69) is 10.6 Å². The van der Waals surface area contributed by atoms with Crippen molar-refractivity contribution in [2.24, 2.45) is 5.41 Å². The van der Waals surface area contributed by atoms with E-state index in [9.17, 15) is 9.90 Å². The number of nitrogens with one attached hydrogen (secondary N) is 2. The SMILES string of the molecule is CC1(CO)CCCC1NC(=O)NC1COc2ccccc2C1. The Hall–Kier alpha value is -1.75. The highest BCUT2D eigenvalue weighted by Crippen LogP contribution is 2.37. The molecule has 2 aliphatic rings. The molecule has 22 heavy (non-hydrogen) atoms. The van der Waals surface area contributed by atoms with Crippen LogP contribution in [0, 0.1) is 5.41 Å². The number of para-hydroxylation sites is 1. The van der Waals surface area contributed by atoms with Crippen LogP contribution in [0.3, 0.4) is 0 Å². The quantitative estimate of drug-likeness (QED) is 0.798. The zero-order valence-electron chi connectivity index (χ0n) is 13.0. The zero-order valence-corrected chi connectivity index (χ0v) is 13.0. The minimum atomic E-state index is -0.201. The van der Waals surface area contributed by atoms with Crippen LogP contribution in [0.2, 0.25) is 0 Å². The largest absolute Gasteiger partial charge is 0.491 e. The van der Waals surface area contributed by atoms with E-state index < -0.39 is 0 Å². The van der Waals surface area contributed by atoms with Gasteiger partial charge < -0.3 is 20.5 Å². The van der Waals surface area contributed by atoms with Gasteiger partial charge in [0.05, 0.1) is 12.6 Å². The molecule has 0 aromatic heterocycles. The fraction of sp³-hybridized carbons (Fsp3) is 0.588. The molecule has 120 valence electrons. The van der Waals surface area contributed by atoms with Crippen LogP contribution in [-0.4, -0.2) is 36.4 Å². The van der Waals surface area contributed by atoms with Gasteiger partial charge in [-0.3, -0.25) is 0 Å². The summed E-state index contributed by atoms with van der Waals surface area (Å²) in [5.74, 6) is 0.907. The highest BCUT2D eigenvalue weighted by atomic mass is 16.5. The Balaban J connectivity index is 1.55. The van der Waals surface area contributed by atoms with Crippen LogP contribution >= 0.6 is 0 Å². The first-order valence-electron chi connectivity index (χ1n) is 7.99. The molecule has 1 aliphatic carbocycles. The number of carbonyl (C=O) groups excluding carboxylic acids is 1. The number of rotatable bonds is 3. The van der Waals surface area contributed by atoms with Gasteiger partial charge in [-0.2, -0.15) is 0 Å². The van der Waals surface area contributed by atoms with Crippen LogP contribution in [-0.2, 0) is 6.42 Å². The third-order valence-corrected chi connectivity index (χ3v) is 4.96. The highest BCUT2D eigenvalue weighted by molar-refractivity contribution is 5.74. The van der Waals surface area contributed by atoms with Crippen LogP contribution < -0.4 is 15.4 Å². The van der Waals surface area contributed by atoms with Crippen molar-refractivity contribution in [2.45, 2.75) is 44.7 Å². The topological polar surface area (TPSA) is 70.6 Å². The number of benzene rings is 1. The Morgan fingerprint density at radius 2 is 2.23 bits per heavy atom. The van der Waals surface area contributed by atoms with Crippen LogP contribution in [0.1, 0.15) is 31.7 Å². The highest BCUT2D eigenvalue weighted by Gasteiger charge is 2.39. The van der Waals surface area contributed by atoms with Crippen molar-refractivity contribution in [3.63, 3.8) is 0 Å². The Morgan fingerprint density at radius 1 is 1.41 bits per heavy atom. The molecule has 3 atom stereocenters. The second-order valence-corrected chi connectivity index (χ2v) is 6.69. The van der Waals surface area contributed by atoms with Gasteiger partial charge in [0, 0.05) is 11.5 Å². The summed E-state index contributed by atoms with van der Waals surface area (Å²) < 4.78 is 5.69. The van der Waals surface area contributed by atoms with E-state index in [1.54, 1.807) is 0 Å². The van der Waals surface area contributed by atoms with Gasteiger partial charge in [-0.25, -0.2) is 4.79 Å². The van der Waals surface area contributed by atoms with Gasteiger partial charge >= 0.3 is 6.03 Å². The predicted molar refractivity (Wildman–Crippen MR) is 83.9 cm³/mol. The van der Waals surface area contributed by atoms with Crippen LogP contribution in [0.15, 0.2) is 24.3 Å². The second-order valence-electron chi connectivity index (χ2n) is 6.69. The molecule has 1 aromatic rings. The maximum Gasteiger partial charge on any atom is 0.315 e. The first-order valence-corrected chi connectivity index (χ1v) is 7.99. The number of aliphatic hydroxyl groups is 1. The Labute approximate surface area is 131 Å². The van der Waals surface area contributed by atoms with Crippen molar-refractivity contribution in [1.29, 1.82) is 0 Å². The third kappa shape index (κ3) is 3.04. The lowest BCUT2D eigenvalue weighted by molar-refractivity contribution is 0.120. The molecule has 3 unspecified atom stereocenters. The molecule has 1 fully saturated rings. The molecular formula is C17H24N2O3. The molecular weight excluding hydrogens is 280 g/mol. The number of hydrogen-bond donors (Lipinski definition) is 3. The molecule has 0 bridgehead atoms. The van der Waals surface area contributed by atoms with Gasteiger partial charge in [0.1, 0.15) is 12.4 Å². The molecule has 1 heterocycles. The van der Waals surface area contributed by atoms with E-state index in [1.807, 2.05) is 31.2 Å². The summed E-state index contributed by atoms with van der Waals surface area (Å²) in [6.45, 7) is 2.63. The fourth-order valence-corrected chi connectivity index (χ4v) is 3.47. The average molecular weight is 304 g/mol. The molecule has 1 aliphatic heterocycles. The first kappa shape index (κ1) is 15.2. The molecule has 1 saturated carbocycles. The van der Waals surface area contributed by atoms with E-state index in [0.29, 0.717) is 6.61 Å². The van der Waals surface area contributed by atoms with Crippen molar-refractivity contribution in [1.82, 2.24) is 10.6 Å². The zero-order chi connectivity index (χ0) is 15.6. The lowest BCUT2D eigenvalue weighted by atomic mass is 9.86. The number of ether oxygens (including phenoxy) is 1. The smallest absolute Gasteiger partial charge is 0.315 e. The Bertz CT molecular complexity index is 548. The second kappa shape index (κ2) is 6.16. The lowest BCUT2D eigenvalue weighted by Crippen LogP contribution is -2.53. The minimum Gasteiger partial charge on any atom is -0.491 e. The van der Waals surface area contributed by atoms with Crippen molar-refractivity contribution in [2.75, 3.05) is 13.2 Å². The molecule has 3 N–H and O–H groups in total. The van der Waals surface area contributed by atoms with Gasteiger partial charge in [0.15, 0.2) is 0 Å². The normalized spacial score (nSPS) is 30.3. The molecule has 3 rings (SSSR count). The van der Waals surface area contributed by atoms with E-state index in [1.165, 1.54) is 0 Å². The number of aliphatic hydroxyl groups excluding tert-OH is 1. The molecule has 0 saturated heterocycles. The van der Waals surface area contributed by atoms with Gasteiger partial charge in [-0.1, -0.05) is 31.5 Å². The molecule has 5 heteroatoms. The first-order chi connectivity index (χ1) is 10.6.